The van der Waals surface area contributed by atoms with E-state index in [-0.39, 0.29) is 6.04 Å². The highest BCUT2D eigenvalue weighted by Gasteiger charge is 2.20. The van der Waals surface area contributed by atoms with E-state index < -0.39 is 11.8 Å². The van der Waals surface area contributed by atoms with Crippen molar-refractivity contribution in [1.82, 2.24) is 10.2 Å². The number of benzene rings is 1. The second kappa shape index (κ2) is 9.21. The summed E-state index contributed by atoms with van der Waals surface area (Å²) in [4.78, 5) is 27.5. The number of rotatable bonds is 7. The molecule has 0 aliphatic rings. The first-order chi connectivity index (χ1) is 12.5. The Bertz CT molecular complexity index is 747. The Balaban J connectivity index is 2.00. The van der Waals surface area contributed by atoms with Crippen LogP contribution in [0.15, 0.2) is 35.7 Å². The highest BCUT2D eigenvalue weighted by molar-refractivity contribution is 7.10. The van der Waals surface area contributed by atoms with Crippen LogP contribution in [0.25, 0.3) is 0 Å². The molecule has 2 aromatic rings. The molecule has 0 fully saturated rings. The molecule has 2 N–H and O–H groups in total. The molecular weight excluding hydrogens is 354 g/mol. The number of thiophene rings is 1. The average Bonchev–Trinajstić information content (AvgIpc) is 3.15. The van der Waals surface area contributed by atoms with Crippen LogP contribution in [0, 0.1) is 0 Å². The summed E-state index contributed by atoms with van der Waals surface area (Å²) in [6, 6.07) is 8.92. The van der Waals surface area contributed by atoms with Gasteiger partial charge in [0.15, 0.2) is 0 Å². The van der Waals surface area contributed by atoms with Crippen molar-refractivity contribution in [3.05, 3.63) is 40.6 Å². The van der Waals surface area contributed by atoms with Gasteiger partial charge in [-0.05, 0) is 37.7 Å². The molecule has 0 bridgehead atoms. The maximum Gasteiger partial charge on any atom is 0.313 e. The minimum absolute atomic E-state index is 0.00175. The molecule has 1 atom stereocenters. The first-order valence-electron chi connectivity index (χ1n) is 7.97. The van der Waals surface area contributed by atoms with Gasteiger partial charge in [0.05, 0.1) is 25.9 Å². The predicted molar refractivity (Wildman–Crippen MR) is 102 cm³/mol. The van der Waals surface area contributed by atoms with Crippen LogP contribution in [-0.4, -0.2) is 51.6 Å². The zero-order chi connectivity index (χ0) is 19.1. The molecular formula is C18H23N3O4S. The summed E-state index contributed by atoms with van der Waals surface area (Å²) in [5, 5.41) is 7.22. The molecule has 1 aromatic heterocycles. The third-order valence-corrected chi connectivity index (χ3v) is 4.79. The lowest BCUT2D eigenvalue weighted by molar-refractivity contribution is -0.136. The summed E-state index contributed by atoms with van der Waals surface area (Å²) in [5.74, 6) is -0.484. The van der Waals surface area contributed by atoms with Crippen molar-refractivity contribution in [1.29, 1.82) is 0 Å². The molecule has 2 amide bonds. The van der Waals surface area contributed by atoms with Crippen molar-refractivity contribution >= 4 is 28.8 Å². The molecule has 140 valence electrons. The van der Waals surface area contributed by atoms with E-state index in [4.69, 9.17) is 9.47 Å². The monoisotopic (exact) mass is 377 g/mol. The van der Waals surface area contributed by atoms with Crippen LogP contribution in [0.2, 0.25) is 0 Å². The Hall–Kier alpha value is -2.58. The van der Waals surface area contributed by atoms with Crippen LogP contribution in [0.1, 0.15) is 10.9 Å². The Morgan fingerprint density at radius 3 is 2.50 bits per heavy atom. The smallest absolute Gasteiger partial charge is 0.313 e. The standard InChI is InChI=1S/C18H23N3O4S/c1-21(2)14(16-6-5-9-26-16)11-19-17(22)18(23)20-13-10-12(24-3)7-8-15(13)25-4/h5-10,14H,11H2,1-4H3,(H,19,22)(H,20,23). The van der Waals surface area contributed by atoms with Gasteiger partial charge in [-0.15, -0.1) is 11.3 Å². The highest BCUT2D eigenvalue weighted by atomic mass is 32.1. The lowest BCUT2D eigenvalue weighted by Crippen LogP contribution is -2.40. The average molecular weight is 377 g/mol. The van der Waals surface area contributed by atoms with Gasteiger partial charge in [0.2, 0.25) is 0 Å². The van der Waals surface area contributed by atoms with E-state index in [0.717, 1.165) is 4.88 Å². The highest BCUT2D eigenvalue weighted by Crippen LogP contribution is 2.28. The van der Waals surface area contributed by atoms with Gasteiger partial charge in [-0.25, -0.2) is 0 Å². The minimum atomic E-state index is -0.764. The number of hydrogen-bond donors (Lipinski definition) is 2. The number of hydrogen-bond acceptors (Lipinski definition) is 6. The third-order valence-electron chi connectivity index (χ3n) is 3.81. The van der Waals surface area contributed by atoms with Gasteiger partial charge < -0.3 is 25.0 Å². The first-order valence-corrected chi connectivity index (χ1v) is 8.85. The summed E-state index contributed by atoms with van der Waals surface area (Å²) in [5.41, 5.74) is 0.370. The summed E-state index contributed by atoms with van der Waals surface area (Å²) in [7, 11) is 6.86. The molecule has 7 nitrogen and oxygen atoms in total. The fraction of sp³-hybridized carbons (Fsp3) is 0.333. The van der Waals surface area contributed by atoms with E-state index in [1.54, 1.807) is 29.5 Å². The number of ether oxygens (including phenoxy) is 2. The van der Waals surface area contributed by atoms with Gasteiger partial charge in [-0.2, -0.15) is 0 Å². The van der Waals surface area contributed by atoms with Crippen molar-refractivity contribution in [3.63, 3.8) is 0 Å². The topological polar surface area (TPSA) is 79.9 Å². The van der Waals surface area contributed by atoms with Crippen molar-refractivity contribution < 1.29 is 19.1 Å². The van der Waals surface area contributed by atoms with Crippen LogP contribution in [-0.2, 0) is 9.59 Å². The second-order valence-corrected chi connectivity index (χ2v) is 6.70. The van der Waals surface area contributed by atoms with Gasteiger partial charge in [0.1, 0.15) is 11.5 Å². The van der Waals surface area contributed by atoms with Crippen LogP contribution < -0.4 is 20.1 Å². The van der Waals surface area contributed by atoms with E-state index in [1.807, 2.05) is 36.5 Å². The van der Waals surface area contributed by atoms with E-state index in [9.17, 15) is 9.59 Å². The predicted octanol–water partition coefficient (Wildman–Crippen LogP) is 2.12. The second-order valence-electron chi connectivity index (χ2n) is 5.73. The van der Waals surface area contributed by atoms with Crippen LogP contribution >= 0.6 is 11.3 Å². The summed E-state index contributed by atoms with van der Waals surface area (Å²) in [6.07, 6.45) is 0. The molecule has 0 aliphatic carbocycles. The largest absolute Gasteiger partial charge is 0.497 e. The zero-order valence-corrected chi connectivity index (χ0v) is 16.1. The number of methoxy groups -OCH3 is 2. The number of nitrogens with zero attached hydrogens (tertiary/aromatic N) is 1. The molecule has 1 heterocycles. The van der Waals surface area contributed by atoms with Gasteiger partial charge >= 0.3 is 11.8 Å². The fourth-order valence-corrected chi connectivity index (χ4v) is 3.30. The normalized spacial score (nSPS) is 11.7. The SMILES string of the molecule is COc1ccc(OC)c(NC(=O)C(=O)NCC(c2cccs2)N(C)C)c1. The van der Waals surface area contributed by atoms with Crippen molar-refractivity contribution in [2.24, 2.45) is 0 Å². The molecule has 8 heteroatoms. The molecule has 0 radical (unpaired) electrons. The molecule has 0 spiro atoms. The molecule has 2 rings (SSSR count). The number of anilines is 1. The third kappa shape index (κ3) is 4.96. The molecule has 0 saturated carbocycles. The maximum absolute atomic E-state index is 12.2. The molecule has 1 unspecified atom stereocenters. The quantitative estimate of drug-likeness (QED) is 0.723. The Kier molecular flexibility index (Phi) is 6.99. The maximum atomic E-state index is 12.2. The van der Waals surface area contributed by atoms with E-state index in [2.05, 4.69) is 10.6 Å². The van der Waals surface area contributed by atoms with Crippen LogP contribution in [0.5, 0.6) is 11.5 Å². The molecule has 1 aromatic carbocycles. The summed E-state index contributed by atoms with van der Waals surface area (Å²) >= 11 is 1.61. The van der Waals surface area contributed by atoms with Crippen molar-refractivity contribution in [2.45, 2.75) is 6.04 Å². The van der Waals surface area contributed by atoms with Gasteiger partial charge in [0.25, 0.3) is 0 Å². The number of likely N-dealkylation sites (N-methyl/N-ethyl adjacent to an activating group) is 1. The Labute approximate surface area is 156 Å². The summed E-state index contributed by atoms with van der Waals surface area (Å²) < 4.78 is 10.3. The van der Waals surface area contributed by atoms with E-state index >= 15 is 0 Å². The van der Waals surface area contributed by atoms with Crippen LogP contribution in [0.4, 0.5) is 5.69 Å². The van der Waals surface area contributed by atoms with Crippen molar-refractivity contribution in [2.75, 3.05) is 40.2 Å². The van der Waals surface area contributed by atoms with Gasteiger partial charge in [0, 0.05) is 17.5 Å². The molecule has 0 saturated heterocycles. The van der Waals surface area contributed by atoms with E-state index in [0.29, 0.717) is 23.7 Å². The Morgan fingerprint density at radius 1 is 1.15 bits per heavy atom. The minimum Gasteiger partial charge on any atom is -0.497 e. The number of carbonyl (C=O) groups excluding carboxylic acids is 2. The number of amides is 2. The number of nitrogens with one attached hydrogen (secondary N) is 2. The molecule has 26 heavy (non-hydrogen) atoms. The Morgan fingerprint density at radius 2 is 1.92 bits per heavy atom. The molecule has 0 aliphatic heterocycles. The van der Waals surface area contributed by atoms with E-state index in [1.165, 1.54) is 14.2 Å². The van der Waals surface area contributed by atoms with Crippen molar-refractivity contribution in [3.8, 4) is 11.5 Å². The summed E-state index contributed by atoms with van der Waals surface area (Å²) in [6.45, 7) is 0.328. The lowest BCUT2D eigenvalue weighted by atomic mass is 10.2. The lowest BCUT2D eigenvalue weighted by Gasteiger charge is -2.23. The number of carbonyl (C=O) groups is 2. The zero-order valence-electron chi connectivity index (χ0n) is 15.2. The first kappa shape index (κ1) is 19.7. The van der Waals surface area contributed by atoms with Gasteiger partial charge in [-0.3, -0.25) is 9.59 Å². The van der Waals surface area contributed by atoms with Gasteiger partial charge in [-0.1, -0.05) is 6.07 Å². The fourth-order valence-electron chi connectivity index (χ4n) is 2.38. The van der Waals surface area contributed by atoms with Crippen LogP contribution in [0.3, 0.4) is 0 Å².